The van der Waals surface area contributed by atoms with Crippen LogP contribution in [0.3, 0.4) is 0 Å². The molecule has 0 radical (unpaired) electrons. The van der Waals surface area contributed by atoms with Crippen molar-refractivity contribution >= 4 is 27.9 Å². The molecular formula is C23H33N3O6S. The molecule has 2 fully saturated rings. The third-order valence-electron chi connectivity index (χ3n) is 6.21. The number of sulfonamides is 1. The van der Waals surface area contributed by atoms with Gasteiger partial charge in [-0.25, -0.2) is 18.0 Å². The van der Waals surface area contributed by atoms with E-state index in [4.69, 9.17) is 4.74 Å². The molecule has 33 heavy (non-hydrogen) atoms. The molecule has 0 spiro atoms. The molecule has 1 saturated carbocycles. The van der Waals surface area contributed by atoms with E-state index < -0.39 is 34.0 Å². The maximum atomic E-state index is 13.0. The van der Waals surface area contributed by atoms with Crippen molar-refractivity contribution in [1.82, 2.24) is 14.9 Å². The minimum Gasteiger partial charge on any atom is -0.449 e. The van der Waals surface area contributed by atoms with Gasteiger partial charge in [-0.05, 0) is 57.2 Å². The third kappa shape index (κ3) is 6.54. The van der Waals surface area contributed by atoms with E-state index in [1.165, 1.54) is 23.4 Å². The van der Waals surface area contributed by atoms with Crippen molar-refractivity contribution < 1.29 is 27.5 Å². The van der Waals surface area contributed by atoms with Crippen molar-refractivity contribution in [3.05, 3.63) is 29.3 Å². The zero-order chi connectivity index (χ0) is 24.0. The normalized spacial score (nSPS) is 18.8. The number of aryl methyl sites for hydroxylation is 1. The molecule has 10 heteroatoms. The summed E-state index contributed by atoms with van der Waals surface area (Å²) in [6.45, 7) is 3.94. The number of carbonyl (C=O) groups excluding carboxylic acids is 3. The van der Waals surface area contributed by atoms with Crippen LogP contribution in [-0.4, -0.2) is 55.9 Å². The van der Waals surface area contributed by atoms with Crippen molar-refractivity contribution in [3.63, 3.8) is 0 Å². The fourth-order valence-corrected chi connectivity index (χ4v) is 5.74. The number of ether oxygens (including phenoxy) is 1. The summed E-state index contributed by atoms with van der Waals surface area (Å²) in [6, 6.07) is 3.75. The molecule has 1 aromatic rings. The molecule has 1 aliphatic heterocycles. The van der Waals surface area contributed by atoms with Crippen LogP contribution in [0.1, 0.15) is 74.2 Å². The molecule has 2 N–H and O–H groups in total. The number of nitrogens with one attached hydrogen (secondary N) is 2. The standard InChI is InChI=1S/C23H33N3O6S/c1-16-11-12-19(33(30,31)26-13-7-4-8-14-26)15-20(16)22(28)32-17(2)21(27)25-23(29)24-18-9-5-3-6-10-18/h11-12,15,17-18H,3-10,13-14H2,1-2H3,(H2,24,25,27,29). The molecule has 9 nitrogen and oxygen atoms in total. The Morgan fingerprint density at radius 2 is 1.67 bits per heavy atom. The Labute approximate surface area is 195 Å². The monoisotopic (exact) mass is 479 g/mol. The molecule has 1 unspecified atom stereocenters. The first-order chi connectivity index (χ1) is 15.7. The number of hydrogen-bond acceptors (Lipinski definition) is 6. The van der Waals surface area contributed by atoms with Crippen LogP contribution in [0.4, 0.5) is 4.79 Å². The number of imide groups is 1. The van der Waals surface area contributed by atoms with Gasteiger partial charge in [0.2, 0.25) is 10.0 Å². The van der Waals surface area contributed by atoms with Gasteiger partial charge in [0.1, 0.15) is 0 Å². The molecule has 1 aromatic carbocycles. The van der Waals surface area contributed by atoms with Gasteiger partial charge in [-0.2, -0.15) is 4.31 Å². The molecule has 182 valence electrons. The van der Waals surface area contributed by atoms with Crippen molar-refractivity contribution in [3.8, 4) is 0 Å². The van der Waals surface area contributed by atoms with Gasteiger partial charge >= 0.3 is 12.0 Å². The van der Waals surface area contributed by atoms with Crippen LogP contribution in [0.25, 0.3) is 0 Å². The molecule has 2 aliphatic rings. The first-order valence-electron chi connectivity index (χ1n) is 11.6. The Morgan fingerprint density at radius 3 is 2.33 bits per heavy atom. The lowest BCUT2D eigenvalue weighted by Gasteiger charge is -2.26. The zero-order valence-electron chi connectivity index (χ0n) is 19.3. The summed E-state index contributed by atoms with van der Waals surface area (Å²) < 4.78 is 32.6. The van der Waals surface area contributed by atoms with E-state index in [-0.39, 0.29) is 16.5 Å². The Bertz CT molecular complexity index is 982. The quantitative estimate of drug-likeness (QED) is 0.605. The zero-order valence-corrected chi connectivity index (χ0v) is 20.1. The van der Waals surface area contributed by atoms with E-state index in [0.29, 0.717) is 18.7 Å². The highest BCUT2D eigenvalue weighted by atomic mass is 32.2. The summed E-state index contributed by atoms with van der Waals surface area (Å²) in [5.74, 6) is -1.56. The van der Waals surface area contributed by atoms with Gasteiger partial charge in [-0.3, -0.25) is 10.1 Å². The second-order valence-corrected chi connectivity index (χ2v) is 10.7. The maximum absolute atomic E-state index is 13.0. The first-order valence-corrected chi connectivity index (χ1v) is 13.1. The topological polar surface area (TPSA) is 122 Å². The van der Waals surface area contributed by atoms with Crippen molar-refractivity contribution in [2.45, 2.75) is 82.3 Å². The number of esters is 1. The van der Waals surface area contributed by atoms with Crippen molar-refractivity contribution in [1.29, 1.82) is 0 Å². The van der Waals surface area contributed by atoms with Crippen LogP contribution < -0.4 is 10.6 Å². The lowest BCUT2D eigenvalue weighted by atomic mass is 9.96. The van der Waals surface area contributed by atoms with Crippen LogP contribution in [0, 0.1) is 6.92 Å². The summed E-state index contributed by atoms with van der Waals surface area (Å²) >= 11 is 0. The number of nitrogens with zero attached hydrogens (tertiary/aromatic N) is 1. The van der Waals surface area contributed by atoms with Crippen LogP contribution in [0.15, 0.2) is 23.1 Å². The molecule has 1 heterocycles. The summed E-state index contributed by atoms with van der Waals surface area (Å²) in [5.41, 5.74) is 0.597. The summed E-state index contributed by atoms with van der Waals surface area (Å²) in [5, 5.41) is 4.98. The summed E-state index contributed by atoms with van der Waals surface area (Å²) in [4.78, 5) is 37.2. The highest BCUT2D eigenvalue weighted by Gasteiger charge is 2.28. The molecule has 1 atom stereocenters. The summed E-state index contributed by atoms with van der Waals surface area (Å²) in [7, 11) is -3.72. The number of piperidine rings is 1. The average molecular weight is 480 g/mol. The molecule has 3 rings (SSSR count). The number of amides is 3. The van der Waals surface area contributed by atoms with Crippen molar-refractivity contribution in [2.75, 3.05) is 13.1 Å². The number of carbonyl (C=O) groups is 3. The van der Waals surface area contributed by atoms with Gasteiger partial charge in [0, 0.05) is 19.1 Å². The summed E-state index contributed by atoms with van der Waals surface area (Å²) in [6.07, 6.45) is 6.36. The van der Waals surface area contributed by atoms with Crippen LogP contribution in [0.2, 0.25) is 0 Å². The molecule has 0 bridgehead atoms. The molecule has 1 saturated heterocycles. The average Bonchev–Trinajstić information content (AvgIpc) is 2.80. The van der Waals surface area contributed by atoms with E-state index in [1.807, 2.05) is 0 Å². The predicted octanol–water partition coefficient (Wildman–Crippen LogP) is 2.87. The van der Waals surface area contributed by atoms with Crippen molar-refractivity contribution in [2.24, 2.45) is 0 Å². The van der Waals surface area contributed by atoms with E-state index in [2.05, 4.69) is 10.6 Å². The number of urea groups is 1. The SMILES string of the molecule is Cc1ccc(S(=O)(=O)N2CCCCC2)cc1C(=O)OC(C)C(=O)NC(=O)NC1CCCCC1. The van der Waals surface area contributed by atoms with Gasteiger partial charge in [-0.15, -0.1) is 0 Å². The largest absolute Gasteiger partial charge is 0.449 e. The van der Waals surface area contributed by atoms with Crippen LogP contribution in [0.5, 0.6) is 0 Å². The van der Waals surface area contributed by atoms with E-state index in [9.17, 15) is 22.8 Å². The fraction of sp³-hybridized carbons (Fsp3) is 0.609. The maximum Gasteiger partial charge on any atom is 0.339 e. The number of hydrogen-bond donors (Lipinski definition) is 2. The second-order valence-electron chi connectivity index (χ2n) is 8.79. The van der Waals surface area contributed by atoms with Crippen LogP contribution >= 0.6 is 0 Å². The highest BCUT2D eigenvalue weighted by molar-refractivity contribution is 7.89. The first kappa shape index (κ1) is 25.2. The van der Waals surface area contributed by atoms with E-state index in [1.54, 1.807) is 13.0 Å². The molecule has 3 amide bonds. The lowest BCUT2D eigenvalue weighted by molar-refractivity contribution is -0.127. The van der Waals surface area contributed by atoms with Gasteiger partial charge in [0.15, 0.2) is 6.10 Å². The number of benzene rings is 1. The lowest BCUT2D eigenvalue weighted by Crippen LogP contribution is -2.48. The van der Waals surface area contributed by atoms with Gasteiger partial charge in [0.05, 0.1) is 10.5 Å². The minimum atomic E-state index is -3.72. The molecule has 0 aromatic heterocycles. The minimum absolute atomic E-state index is 0.0194. The Hall–Kier alpha value is -2.46. The van der Waals surface area contributed by atoms with E-state index in [0.717, 1.165) is 51.4 Å². The van der Waals surface area contributed by atoms with Gasteiger partial charge in [0.25, 0.3) is 5.91 Å². The van der Waals surface area contributed by atoms with Gasteiger partial charge < -0.3 is 10.1 Å². The second kappa shape index (κ2) is 11.1. The smallest absolute Gasteiger partial charge is 0.339 e. The number of rotatable bonds is 6. The van der Waals surface area contributed by atoms with Gasteiger partial charge in [-0.1, -0.05) is 31.7 Å². The fourth-order valence-electron chi connectivity index (χ4n) is 4.20. The Kier molecular flexibility index (Phi) is 8.47. The molecular weight excluding hydrogens is 446 g/mol. The van der Waals surface area contributed by atoms with Crippen LogP contribution in [-0.2, 0) is 19.6 Å². The van der Waals surface area contributed by atoms with E-state index >= 15 is 0 Å². The molecule has 1 aliphatic carbocycles. The predicted molar refractivity (Wildman–Crippen MR) is 122 cm³/mol. The third-order valence-corrected chi connectivity index (χ3v) is 8.11. The Morgan fingerprint density at radius 1 is 1.03 bits per heavy atom. The highest BCUT2D eigenvalue weighted by Crippen LogP contribution is 2.23. The Balaban J connectivity index is 1.62.